The zero-order valence-electron chi connectivity index (χ0n) is 8.49. The highest BCUT2D eigenvalue weighted by atomic mass is 127. The van der Waals surface area contributed by atoms with E-state index in [1.807, 2.05) is 31.2 Å². The first-order valence-electron chi connectivity index (χ1n) is 4.60. The van der Waals surface area contributed by atoms with Gasteiger partial charge in [0.05, 0.1) is 11.4 Å². The van der Waals surface area contributed by atoms with Crippen LogP contribution in [0.5, 0.6) is 0 Å². The fraction of sp³-hybridized carbons (Fsp3) is 0.0909. The van der Waals surface area contributed by atoms with Crippen molar-refractivity contribution in [1.82, 2.24) is 4.37 Å². The van der Waals surface area contributed by atoms with Crippen molar-refractivity contribution in [2.75, 3.05) is 5.32 Å². The van der Waals surface area contributed by atoms with E-state index in [0.717, 1.165) is 20.0 Å². The van der Waals surface area contributed by atoms with Crippen molar-refractivity contribution >= 4 is 44.8 Å². The average Bonchev–Trinajstić information content (AvgIpc) is 2.63. The van der Waals surface area contributed by atoms with Gasteiger partial charge in [0, 0.05) is 3.57 Å². The number of anilines is 2. The van der Waals surface area contributed by atoms with Crippen LogP contribution in [0.15, 0.2) is 24.3 Å². The molecule has 3 nitrogen and oxygen atoms in total. The Hall–Kier alpha value is -1.13. The monoisotopic (exact) mass is 341 g/mol. The van der Waals surface area contributed by atoms with Crippen LogP contribution in [-0.4, -0.2) is 4.37 Å². The Morgan fingerprint density at radius 3 is 2.88 bits per heavy atom. The molecule has 5 heteroatoms. The normalized spacial score (nSPS) is 9.81. The van der Waals surface area contributed by atoms with Gasteiger partial charge in [-0.3, -0.25) is 0 Å². The molecule has 0 fully saturated rings. The molecule has 1 aromatic carbocycles. The fourth-order valence-electron chi connectivity index (χ4n) is 1.27. The minimum Gasteiger partial charge on any atom is -0.344 e. The number of halogens is 1. The lowest BCUT2D eigenvalue weighted by Gasteiger charge is -2.05. The topological polar surface area (TPSA) is 48.7 Å². The van der Waals surface area contributed by atoms with Crippen molar-refractivity contribution in [3.63, 3.8) is 0 Å². The summed E-state index contributed by atoms with van der Waals surface area (Å²) in [5, 5.41) is 13.1. The molecule has 1 aromatic heterocycles. The highest BCUT2D eigenvalue weighted by molar-refractivity contribution is 14.1. The number of rotatable bonds is 2. The Bertz CT molecular complexity index is 557. The summed E-state index contributed by atoms with van der Waals surface area (Å²) in [5.74, 6) is 0. The van der Waals surface area contributed by atoms with Crippen LogP contribution in [0.4, 0.5) is 10.7 Å². The predicted molar refractivity (Wildman–Crippen MR) is 74.0 cm³/mol. The van der Waals surface area contributed by atoms with E-state index in [4.69, 9.17) is 5.26 Å². The summed E-state index contributed by atoms with van der Waals surface area (Å²) in [7, 11) is 0. The molecule has 0 spiro atoms. The van der Waals surface area contributed by atoms with Crippen LogP contribution >= 0.6 is 34.1 Å². The Labute approximate surface area is 111 Å². The van der Waals surface area contributed by atoms with Crippen molar-refractivity contribution in [2.45, 2.75) is 6.92 Å². The second-order valence-electron chi connectivity index (χ2n) is 3.19. The lowest BCUT2D eigenvalue weighted by Crippen LogP contribution is -1.92. The number of nitrogens with one attached hydrogen (secondary N) is 1. The molecule has 16 heavy (non-hydrogen) atoms. The van der Waals surface area contributed by atoms with Crippen LogP contribution < -0.4 is 5.32 Å². The number of nitrogens with zero attached hydrogens (tertiary/aromatic N) is 2. The third-order valence-corrected chi connectivity index (χ3v) is 3.89. The third-order valence-electron chi connectivity index (χ3n) is 2.10. The summed E-state index contributed by atoms with van der Waals surface area (Å²) in [4.78, 5) is 0. The van der Waals surface area contributed by atoms with E-state index in [1.165, 1.54) is 11.5 Å². The molecule has 0 bridgehead atoms. The molecule has 2 aromatic rings. The summed E-state index contributed by atoms with van der Waals surface area (Å²) in [6.07, 6.45) is 0. The van der Waals surface area contributed by atoms with Gasteiger partial charge in [-0.1, -0.05) is 12.1 Å². The van der Waals surface area contributed by atoms with Gasteiger partial charge in [0.2, 0.25) is 0 Å². The number of aryl methyl sites for hydroxylation is 1. The number of benzene rings is 1. The minimum atomic E-state index is 0.629. The molecule has 0 saturated carbocycles. The molecule has 0 radical (unpaired) electrons. The zero-order chi connectivity index (χ0) is 11.5. The summed E-state index contributed by atoms with van der Waals surface area (Å²) < 4.78 is 5.29. The maximum atomic E-state index is 9.01. The van der Waals surface area contributed by atoms with Gasteiger partial charge in [-0.05, 0) is 53.2 Å². The molecule has 2 rings (SSSR count). The molecule has 0 aliphatic rings. The van der Waals surface area contributed by atoms with E-state index < -0.39 is 0 Å². The average molecular weight is 341 g/mol. The van der Waals surface area contributed by atoms with Gasteiger partial charge in [0.15, 0.2) is 0 Å². The van der Waals surface area contributed by atoms with Gasteiger partial charge in [-0.25, -0.2) is 0 Å². The quantitative estimate of drug-likeness (QED) is 0.848. The van der Waals surface area contributed by atoms with E-state index in [2.05, 4.69) is 38.4 Å². The summed E-state index contributed by atoms with van der Waals surface area (Å²) in [6, 6.07) is 10.1. The van der Waals surface area contributed by atoms with E-state index >= 15 is 0 Å². The number of para-hydroxylation sites is 1. The van der Waals surface area contributed by atoms with Crippen molar-refractivity contribution in [3.8, 4) is 6.07 Å². The van der Waals surface area contributed by atoms with E-state index in [-0.39, 0.29) is 0 Å². The highest BCUT2D eigenvalue weighted by Crippen LogP contribution is 2.29. The molecule has 0 amide bonds. The van der Waals surface area contributed by atoms with Crippen LogP contribution in [0.1, 0.15) is 11.3 Å². The number of aromatic nitrogens is 1. The van der Waals surface area contributed by atoms with Crippen LogP contribution in [0.2, 0.25) is 0 Å². The molecule has 0 aliphatic heterocycles. The van der Waals surface area contributed by atoms with Gasteiger partial charge >= 0.3 is 0 Å². The summed E-state index contributed by atoms with van der Waals surface area (Å²) in [6.45, 7) is 1.84. The van der Waals surface area contributed by atoms with Gasteiger partial charge in [-0.15, -0.1) is 0 Å². The molecule has 0 atom stereocenters. The molecule has 0 saturated heterocycles. The van der Waals surface area contributed by atoms with E-state index in [1.54, 1.807) is 0 Å². The molecular formula is C11H8IN3S. The first-order chi connectivity index (χ1) is 7.72. The number of hydrogen-bond acceptors (Lipinski definition) is 4. The van der Waals surface area contributed by atoms with Crippen LogP contribution in [-0.2, 0) is 0 Å². The van der Waals surface area contributed by atoms with E-state index in [0.29, 0.717) is 5.56 Å². The molecule has 80 valence electrons. The first kappa shape index (κ1) is 11.4. The summed E-state index contributed by atoms with van der Waals surface area (Å²) in [5.41, 5.74) is 2.41. The maximum Gasteiger partial charge on any atom is 0.132 e. The van der Waals surface area contributed by atoms with Gasteiger partial charge in [0.25, 0.3) is 0 Å². The molecular weight excluding hydrogens is 333 g/mol. The van der Waals surface area contributed by atoms with Crippen molar-refractivity contribution in [2.24, 2.45) is 0 Å². The Morgan fingerprint density at radius 2 is 2.19 bits per heavy atom. The smallest absolute Gasteiger partial charge is 0.132 e. The first-order valence-corrected chi connectivity index (χ1v) is 6.45. The second-order valence-corrected chi connectivity index (χ2v) is 5.12. The molecule has 0 aliphatic carbocycles. The van der Waals surface area contributed by atoms with Crippen molar-refractivity contribution in [3.05, 3.63) is 39.1 Å². The van der Waals surface area contributed by atoms with Gasteiger partial charge in [-0.2, -0.15) is 9.64 Å². The highest BCUT2D eigenvalue weighted by Gasteiger charge is 2.10. The van der Waals surface area contributed by atoms with Gasteiger partial charge in [0.1, 0.15) is 16.6 Å². The SMILES string of the molecule is Cc1nsc(Nc2ccccc2I)c1C#N. The third kappa shape index (κ3) is 2.18. The van der Waals surface area contributed by atoms with Crippen molar-refractivity contribution in [1.29, 1.82) is 5.26 Å². The largest absolute Gasteiger partial charge is 0.344 e. The summed E-state index contributed by atoms with van der Waals surface area (Å²) >= 11 is 3.57. The molecule has 1 heterocycles. The zero-order valence-corrected chi connectivity index (χ0v) is 11.5. The number of nitriles is 1. The number of hydrogen-bond donors (Lipinski definition) is 1. The van der Waals surface area contributed by atoms with E-state index in [9.17, 15) is 0 Å². The lowest BCUT2D eigenvalue weighted by atomic mass is 10.2. The minimum absolute atomic E-state index is 0.629. The fourth-order valence-corrected chi connectivity index (χ4v) is 2.55. The maximum absolute atomic E-state index is 9.01. The predicted octanol–water partition coefficient (Wildman–Crippen LogP) is 3.67. The Morgan fingerprint density at radius 1 is 1.44 bits per heavy atom. The van der Waals surface area contributed by atoms with Crippen LogP contribution in [0, 0.1) is 21.8 Å². The lowest BCUT2D eigenvalue weighted by molar-refractivity contribution is 1.31. The molecule has 1 N–H and O–H groups in total. The van der Waals surface area contributed by atoms with Gasteiger partial charge < -0.3 is 5.32 Å². The molecule has 0 unspecified atom stereocenters. The van der Waals surface area contributed by atoms with Crippen molar-refractivity contribution < 1.29 is 0 Å². The standard InChI is InChI=1S/C11H8IN3S/c1-7-8(6-13)11(16-15-7)14-10-5-3-2-4-9(10)12/h2-5,14H,1H3. The van der Waals surface area contributed by atoms with Crippen LogP contribution in [0.25, 0.3) is 0 Å². The Balaban J connectivity index is 2.35. The second kappa shape index (κ2) is 4.80. The Kier molecular flexibility index (Phi) is 3.41. The van der Waals surface area contributed by atoms with Crippen LogP contribution in [0.3, 0.4) is 0 Å².